The predicted molar refractivity (Wildman–Crippen MR) is 185 cm³/mol. The number of fused-ring (bicyclic) bond motifs is 2. The molecule has 51 heavy (non-hydrogen) atoms. The molecule has 0 aromatic heterocycles. The van der Waals surface area contributed by atoms with E-state index in [4.69, 9.17) is 4.74 Å². The average molecular weight is 711 g/mol. The summed E-state index contributed by atoms with van der Waals surface area (Å²) in [7, 11) is 1.45. The maximum Gasteiger partial charge on any atom is 0.328 e. The van der Waals surface area contributed by atoms with Crippen LogP contribution in [0.25, 0.3) is 0 Å². The Morgan fingerprint density at radius 3 is 2.39 bits per heavy atom. The Bertz CT molecular complexity index is 1520. The van der Waals surface area contributed by atoms with Gasteiger partial charge in [-0.05, 0) is 69.7 Å². The van der Waals surface area contributed by atoms with Crippen LogP contribution in [0.15, 0.2) is 36.4 Å². The molecule has 0 bridgehead atoms. The van der Waals surface area contributed by atoms with Gasteiger partial charge in [0.1, 0.15) is 48.6 Å². The number of carbonyl (C=O) groups excluding carboxylic acids is 7. The van der Waals surface area contributed by atoms with Gasteiger partial charge in [-0.3, -0.25) is 28.8 Å². The minimum Gasteiger partial charge on any atom is -0.508 e. The number of nitrogens with zero attached hydrogens (tertiary/aromatic N) is 3. The number of esters is 1. The van der Waals surface area contributed by atoms with E-state index in [1.165, 1.54) is 53.8 Å². The van der Waals surface area contributed by atoms with Crippen molar-refractivity contribution in [2.75, 3.05) is 26.7 Å². The van der Waals surface area contributed by atoms with E-state index < -0.39 is 84.3 Å². The lowest BCUT2D eigenvalue weighted by Crippen LogP contribution is -2.60. The van der Waals surface area contributed by atoms with Crippen LogP contribution in [0.1, 0.15) is 71.3 Å². The highest BCUT2D eigenvalue weighted by Crippen LogP contribution is 2.23. The number of hydrogen-bond donors (Lipinski definition) is 4. The number of hydrogen-bond acceptors (Lipinski definition) is 9. The Kier molecular flexibility index (Phi) is 13.6. The summed E-state index contributed by atoms with van der Waals surface area (Å²) >= 11 is 0. The number of cyclic esters (lactones) is 1. The molecule has 4 rings (SSSR count). The van der Waals surface area contributed by atoms with Crippen molar-refractivity contribution in [1.29, 1.82) is 0 Å². The summed E-state index contributed by atoms with van der Waals surface area (Å²) in [6.07, 6.45) is 7.09. The summed E-state index contributed by atoms with van der Waals surface area (Å²) in [5.41, 5.74) is 0.535. The molecule has 0 unspecified atom stereocenters. The van der Waals surface area contributed by atoms with Crippen LogP contribution in [0.4, 0.5) is 0 Å². The molecule has 3 fully saturated rings. The normalized spacial score (nSPS) is 25.7. The highest BCUT2D eigenvalue weighted by atomic mass is 16.5. The van der Waals surface area contributed by atoms with Crippen molar-refractivity contribution in [3.05, 3.63) is 42.0 Å². The molecular formula is C36H50N6O9. The van der Waals surface area contributed by atoms with E-state index in [1.807, 2.05) is 6.92 Å². The van der Waals surface area contributed by atoms with Gasteiger partial charge >= 0.3 is 5.97 Å². The van der Waals surface area contributed by atoms with Crippen molar-refractivity contribution in [2.24, 2.45) is 0 Å². The molecule has 0 radical (unpaired) electrons. The van der Waals surface area contributed by atoms with Crippen LogP contribution < -0.4 is 16.0 Å². The van der Waals surface area contributed by atoms with Gasteiger partial charge in [0.25, 0.3) is 0 Å². The molecule has 6 amide bonds. The second-order valence-corrected chi connectivity index (χ2v) is 13.4. The number of carbonyl (C=O) groups is 7. The Morgan fingerprint density at radius 2 is 1.71 bits per heavy atom. The molecule has 3 aliphatic heterocycles. The van der Waals surface area contributed by atoms with Gasteiger partial charge in [-0.15, -0.1) is 0 Å². The zero-order valence-electron chi connectivity index (χ0n) is 29.8. The minimum absolute atomic E-state index is 0.0348. The molecule has 6 atom stereocenters. The van der Waals surface area contributed by atoms with Crippen LogP contribution in [-0.2, 0) is 44.7 Å². The highest BCUT2D eigenvalue weighted by molar-refractivity contribution is 5.98. The molecule has 0 spiro atoms. The number of phenols is 1. The third-order valence-corrected chi connectivity index (χ3v) is 9.65. The molecule has 15 heteroatoms. The first kappa shape index (κ1) is 38.8. The third kappa shape index (κ3) is 9.85. The van der Waals surface area contributed by atoms with Gasteiger partial charge in [0.15, 0.2) is 0 Å². The lowest BCUT2D eigenvalue weighted by Gasteiger charge is -2.34. The van der Waals surface area contributed by atoms with Crippen LogP contribution >= 0.6 is 0 Å². The fraction of sp³-hybridized carbons (Fsp3) is 0.583. The number of unbranched alkanes of at least 4 members (excludes halogenated alkanes) is 2. The van der Waals surface area contributed by atoms with Crippen molar-refractivity contribution in [3.8, 4) is 5.75 Å². The number of amides is 6. The SMILES string of the molecule is CCCCC=CC(=O)N[C@@H](Cc1cccc(O)c1)C(=O)N[C@H]1COC(=O)[C@@H]2CCCN2C(=O)[C@H](C)NC(=O)[C@H](C)N(C)C(=O)[C@@H]2CCCN2C1=O. The van der Waals surface area contributed by atoms with Gasteiger partial charge in [-0.1, -0.05) is 38.0 Å². The molecule has 1 aromatic carbocycles. The average Bonchev–Trinajstić information content (AvgIpc) is 3.80. The molecule has 3 aliphatic rings. The van der Waals surface area contributed by atoms with E-state index in [2.05, 4.69) is 16.0 Å². The fourth-order valence-corrected chi connectivity index (χ4v) is 6.58. The molecular weight excluding hydrogens is 660 g/mol. The number of allylic oxidation sites excluding steroid dienone is 1. The van der Waals surface area contributed by atoms with Crippen molar-refractivity contribution < 1.29 is 43.4 Å². The number of likely N-dealkylation sites (N-methyl/N-ethyl adjacent to an activating group) is 1. The molecule has 15 nitrogen and oxygen atoms in total. The summed E-state index contributed by atoms with van der Waals surface area (Å²) in [6, 6.07) is -0.347. The number of aromatic hydroxyl groups is 1. The molecule has 0 aliphatic carbocycles. The maximum atomic E-state index is 14.2. The smallest absolute Gasteiger partial charge is 0.328 e. The Hall–Kier alpha value is -4.95. The largest absolute Gasteiger partial charge is 0.508 e. The topological polar surface area (TPSA) is 195 Å². The number of nitrogens with one attached hydrogen (secondary N) is 3. The lowest BCUT2D eigenvalue weighted by atomic mass is 10.0. The van der Waals surface area contributed by atoms with E-state index >= 15 is 0 Å². The zero-order valence-corrected chi connectivity index (χ0v) is 29.8. The fourth-order valence-electron chi connectivity index (χ4n) is 6.58. The van der Waals surface area contributed by atoms with Crippen LogP contribution in [0.2, 0.25) is 0 Å². The van der Waals surface area contributed by atoms with Crippen molar-refractivity contribution >= 4 is 41.4 Å². The first-order valence-corrected chi connectivity index (χ1v) is 17.7. The first-order valence-electron chi connectivity index (χ1n) is 17.7. The second-order valence-electron chi connectivity index (χ2n) is 13.4. The molecule has 1 aromatic rings. The Morgan fingerprint density at radius 1 is 1.02 bits per heavy atom. The maximum absolute atomic E-state index is 14.2. The van der Waals surface area contributed by atoms with E-state index in [-0.39, 0.29) is 25.3 Å². The van der Waals surface area contributed by atoms with Crippen LogP contribution in [0.5, 0.6) is 5.75 Å². The van der Waals surface area contributed by atoms with Gasteiger partial charge in [0.2, 0.25) is 35.4 Å². The Balaban J connectivity index is 1.65. The summed E-state index contributed by atoms with van der Waals surface area (Å²) < 4.78 is 5.62. The number of rotatable bonds is 9. The minimum atomic E-state index is -1.46. The molecule has 4 N–H and O–H groups in total. The Labute approximate surface area is 298 Å². The van der Waals surface area contributed by atoms with E-state index in [0.717, 1.165) is 12.8 Å². The van der Waals surface area contributed by atoms with Gasteiger partial charge < -0.3 is 40.5 Å². The van der Waals surface area contributed by atoms with Gasteiger partial charge in [-0.25, -0.2) is 4.79 Å². The van der Waals surface area contributed by atoms with E-state index in [0.29, 0.717) is 37.7 Å². The van der Waals surface area contributed by atoms with Crippen molar-refractivity contribution in [1.82, 2.24) is 30.7 Å². The zero-order chi connectivity index (χ0) is 37.2. The van der Waals surface area contributed by atoms with Crippen LogP contribution in [0, 0.1) is 0 Å². The summed E-state index contributed by atoms with van der Waals surface area (Å²) in [5.74, 6) is -4.34. The summed E-state index contributed by atoms with van der Waals surface area (Å²) in [4.78, 5) is 98.6. The van der Waals surface area contributed by atoms with Crippen molar-refractivity contribution in [2.45, 2.75) is 108 Å². The molecule has 3 heterocycles. The van der Waals surface area contributed by atoms with Crippen LogP contribution in [-0.4, -0.2) is 124 Å². The lowest BCUT2D eigenvalue weighted by molar-refractivity contribution is -0.158. The highest BCUT2D eigenvalue weighted by Gasteiger charge is 2.43. The number of benzene rings is 1. The predicted octanol–water partition coefficient (Wildman–Crippen LogP) is 0.541. The van der Waals surface area contributed by atoms with Crippen LogP contribution in [0.3, 0.4) is 0 Å². The second kappa shape index (κ2) is 17.8. The summed E-state index contributed by atoms with van der Waals surface area (Å²) in [5, 5.41) is 18.0. The van der Waals surface area contributed by atoms with E-state index in [1.54, 1.807) is 18.2 Å². The monoisotopic (exact) mass is 710 g/mol. The number of ether oxygens (including phenoxy) is 1. The summed E-state index contributed by atoms with van der Waals surface area (Å²) in [6.45, 7) is 4.89. The first-order chi connectivity index (χ1) is 24.3. The van der Waals surface area contributed by atoms with Gasteiger partial charge in [-0.2, -0.15) is 0 Å². The van der Waals surface area contributed by atoms with Crippen molar-refractivity contribution in [3.63, 3.8) is 0 Å². The van der Waals surface area contributed by atoms with Gasteiger partial charge in [0.05, 0.1) is 0 Å². The third-order valence-electron chi connectivity index (χ3n) is 9.65. The molecule has 3 saturated heterocycles. The number of phenolic OH excluding ortho intramolecular Hbond substituents is 1. The molecule has 0 saturated carbocycles. The van der Waals surface area contributed by atoms with Gasteiger partial charge in [0, 0.05) is 26.6 Å². The molecule has 278 valence electrons. The quantitative estimate of drug-likeness (QED) is 0.161. The van der Waals surface area contributed by atoms with E-state index in [9.17, 15) is 38.7 Å². The standard InChI is InChI=1S/C36H50N6O9/c1-5-6-7-8-16-30(44)38-26(20-24-12-9-13-25(43)19-24)32(46)39-27-21-51-36(50)29-15-11-18-42(29)33(47)22(2)37-31(45)23(3)40(4)35(49)28-14-10-17-41(28)34(27)48/h8-9,12-13,16,19,22-23,26-29,43H,5-7,10-11,14-15,17-18,20-21H2,1-4H3,(H,37,45)(H,38,44)(H,39,46)/t22-,23-,26-,27-,28-,29-/m0/s1.